The van der Waals surface area contributed by atoms with E-state index in [4.69, 9.17) is 5.11 Å². The number of amides is 2. The summed E-state index contributed by atoms with van der Waals surface area (Å²) in [5.41, 5.74) is 0.258. The third kappa shape index (κ3) is 3.21. The van der Waals surface area contributed by atoms with Crippen molar-refractivity contribution in [2.45, 2.75) is 44.9 Å². The van der Waals surface area contributed by atoms with Crippen LogP contribution in [0, 0.1) is 17.3 Å². The van der Waals surface area contributed by atoms with Crippen molar-refractivity contribution < 1.29 is 19.5 Å². The van der Waals surface area contributed by atoms with Gasteiger partial charge >= 0.3 is 5.97 Å². The van der Waals surface area contributed by atoms with Crippen LogP contribution in [-0.2, 0) is 14.4 Å². The van der Waals surface area contributed by atoms with Crippen molar-refractivity contribution in [2.24, 2.45) is 17.3 Å². The Balaban J connectivity index is 1.46. The number of carboxylic acids is 1. The molecular weight excluding hydrogens is 296 g/mol. The Morgan fingerprint density at radius 2 is 1.78 bits per heavy atom. The van der Waals surface area contributed by atoms with E-state index in [1.807, 2.05) is 0 Å². The molecule has 128 valence electrons. The van der Waals surface area contributed by atoms with Crippen LogP contribution in [-0.4, -0.2) is 59.4 Å². The average Bonchev–Trinajstić information content (AvgIpc) is 3.03. The second-order valence-corrected chi connectivity index (χ2v) is 7.51. The van der Waals surface area contributed by atoms with E-state index in [-0.39, 0.29) is 35.6 Å². The van der Waals surface area contributed by atoms with E-state index in [0.29, 0.717) is 25.9 Å². The van der Waals surface area contributed by atoms with Crippen molar-refractivity contribution in [1.82, 2.24) is 9.80 Å². The Morgan fingerprint density at radius 1 is 1.17 bits per heavy atom. The fourth-order valence-corrected chi connectivity index (χ4v) is 4.35. The molecule has 0 aromatic rings. The fraction of sp³-hybridized carbons (Fsp3) is 0.824. The van der Waals surface area contributed by atoms with Crippen molar-refractivity contribution in [1.29, 1.82) is 0 Å². The van der Waals surface area contributed by atoms with Gasteiger partial charge in [0.1, 0.15) is 0 Å². The van der Waals surface area contributed by atoms with Crippen LogP contribution in [0.15, 0.2) is 0 Å². The molecule has 2 saturated carbocycles. The first-order valence-electron chi connectivity index (χ1n) is 8.68. The van der Waals surface area contributed by atoms with Crippen LogP contribution in [0.3, 0.4) is 0 Å². The Bertz CT molecular complexity index is 505. The lowest BCUT2D eigenvalue weighted by atomic mass is 9.97. The van der Waals surface area contributed by atoms with Crippen molar-refractivity contribution in [3.05, 3.63) is 0 Å². The van der Waals surface area contributed by atoms with Crippen molar-refractivity contribution in [2.75, 3.05) is 26.7 Å². The number of nitrogens with zero attached hydrogens (tertiary/aromatic N) is 2. The first-order chi connectivity index (χ1) is 10.9. The van der Waals surface area contributed by atoms with Crippen LogP contribution in [0.25, 0.3) is 0 Å². The third-order valence-corrected chi connectivity index (χ3v) is 6.03. The summed E-state index contributed by atoms with van der Waals surface area (Å²) in [6.45, 7) is 1.07. The van der Waals surface area contributed by atoms with Gasteiger partial charge in [-0.05, 0) is 37.5 Å². The number of likely N-dealkylation sites (N-methyl/N-ethyl adjacent to an activating group) is 1. The number of hydrogen-bond donors (Lipinski definition) is 1. The molecule has 1 N–H and O–H groups in total. The topological polar surface area (TPSA) is 77.9 Å². The fourth-order valence-electron chi connectivity index (χ4n) is 4.35. The average molecular weight is 322 g/mol. The summed E-state index contributed by atoms with van der Waals surface area (Å²) in [6, 6.07) is 0. The van der Waals surface area contributed by atoms with E-state index in [1.165, 1.54) is 12.8 Å². The molecule has 3 fully saturated rings. The molecule has 6 heteroatoms. The minimum Gasteiger partial charge on any atom is -0.481 e. The molecule has 3 aliphatic rings. The summed E-state index contributed by atoms with van der Waals surface area (Å²) in [5.74, 6) is -0.945. The van der Waals surface area contributed by atoms with Crippen LogP contribution in [0.4, 0.5) is 0 Å². The lowest BCUT2D eigenvalue weighted by molar-refractivity contribution is -0.146. The number of aliphatic carboxylic acids is 1. The lowest BCUT2D eigenvalue weighted by Gasteiger charge is -2.31. The zero-order valence-electron chi connectivity index (χ0n) is 13.8. The van der Waals surface area contributed by atoms with E-state index in [2.05, 4.69) is 0 Å². The van der Waals surface area contributed by atoms with Gasteiger partial charge in [0, 0.05) is 26.1 Å². The number of carboxylic acid groups (broad SMARTS) is 1. The number of carbonyl (C=O) groups excluding carboxylic acids is 2. The molecular formula is C17H26N2O4. The molecule has 0 bridgehead atoms. The first kappa shape index (κ1) is 16.3. The van der Waals surface area contributed by atoms with Crippen molar-refractivity contribution in [3.63, 3.8) is 0 Å². The highest BCUT2D eigenvalue weighted by molar-refractivity contribution is 5.88. The maximum Gasteiger partial charge on any atom is 0.306 e. The minimum absolute atomic E-state index is 0.0641. The molecule has 1 aliphatic heterocycles. The third-order valence-electron chi connectivity index (χ3n) is 6.03. The minimum atomic E-state index is -0.778. The van der Waals surface area contributed by atoms with E-state index < -0.39 is 5.97 Å². The van der Waals surface area contributed by atoms with Crippen molar-refractivity contribution >= 4 is 17.8 Å². The van der Waals surface area contributed by atoms with Gasteiger partial charge in [0.25, 0.3) is 0 Å². The number of piperidine rings is 1. The molecule has 1 unspecified atom stereocenters. The van der Waals surface area contributed by atoms with Gasteiger partial charge in [-0.25, -0.2) is 0 Å². The van der Waals surface area contributed by atoms with Crippen LogP contribution in [0.1, 0.15) is 44.9 Å². The number of hydrogen-bond acceptors (Lipinski definition) is 3. The second-order valence-electron chi connectivity index (χ2n) is 7.51. The van der Waals surface area contributed by atoms with Gasteiger partial charge in [-0.15, -0.1) is 0 Å². The normalized spacial score (nSPS) is 26.3. The van der Waals surface area contributed by atoms with Gasteiger partial charge in [0.2, 0.25) is 11.8 Å². The quantitative estimate of drug-likeness (QED) is 0.847. The van der Waals surface area contributed by atoms with Gasteiger partial charge in [-0.1, -0.05) is 12.8 Å². The molecule has 0 radical (unpaired) electrons. The summed E-state index contributed by atoms with van der Waals surface area (Å²) in [5, 5.41) is 8.99. The molecule has 2 aliphatic carbocycles. The smallest absolute Gasteiger partial charge is 0.306 e. The van der Waals surface area contributed by atoms with Gasteiger partial charge < -0.3 is 14.9 Å². The van der Waals surface area contributed by atoms with Crippen LogP contribution in [0.2, 0.25) is 0 Å². The Hall–Kier alpha value is -1.59. The molecule has 6 nitrogen and oxygen atoms in total. The van der Waals surface area contributed by atoms with Gasteiger partial charge in [-0.2, -0.15) is 0 Å². The lowest BCUT2D eigenvalue weighted by Crippen LogP contribution is -2.46. The van der Waals surface area contributed by atoms with E-state index >= 15 is 0 Å². The van der Waals surface area contributed by atoms with Gasteiger partial charge in [0.15, 0.2) is 0 Å². The molecule has 1 spiro atoms. The molecule has 1 saturated heterocycles. The monoisotopic (exact) mass is 322 g/mol. The van der Waals surface area contributed by atoms with Crippen LogP contribution >= 0.6 is 0 Å². The van der Waals surface area contributed by atoms with Gasteiger partial charge in [0.05, 0.1) is 12.5 Å². The molecule has 2 amide bonds. The maximum atomic E-state index is 12.5. The molecule has 0 aromatic carbocycles. The largest absolute Gasteiger partial charge is 0.481 e. The number of carbonyl (C=O) groups is 3. The molecule has 1 heterocycles. The summed E-state index contributed by atoms with van der Waals surface area (Å²) in [7, 11) is 1.71. The zero-order chi connectivity index (χ0) is 16.6. The van der Waals surface area contributed by atoms with E-state index in [0.717, 1.165) is 19.3 Å². The first-order valence-corrected chi connectivity index (χ1v) is 8.68. The maximum absolute atomic E-state index is 12.5. The highest BCUT2D eigenvalue weighted by atomic mass is 16.4. The Kier molecular flexibility index (Phi) is 4.34. The summed E-state index contributed by atoms with van der Waals surface area (Å²) >= 11 is 0. The predicted molar refractivity (Wildman–Crippen MR) is 83.6 cm³/mol. The Morgan fingerprint density at radius 3 is 2.35 bits per heavy atom. The molecule has 0 aromatic heterocycles. The SMILES string of the molecule is CN(CC(=O)N1CCC(C(=O)O)CC1)C(=O)C1CC12CCCC2. The summed E-state index contributed by atoms with van der Waals surface area (Å²) in [6.07, 6.45) is 6.78. The summed E-state index contributed by atoms with van der Waals surface area (Å²) < 4.78 is 0. The molecule has 3 rings (SSSR count). The van der Waals surface area contributed by atoms with E-state index in [1.54, 1.807) is 16.8 Å². The van der Waals surface area contributed by atoms with Crippen LogP contribution in [0.5, 0.6) is 0 Å². The molecule has 1 atom stereocenters. The number of rotatable bonds is 4. The standard InChI is InChI=1S/C17H26N2O4/c1-18(15(21)13-10-17(13)6-2-3-7-17)11-14(20)19-8-4-12(5-9-19)16(22)23/h12-13H,2-11H2,1H3,(H,22,23). The van der Waals surface area contributed by atoms with Crippen LogP contribution < -0.4 is 0 Å². The van der Waals surface area contributed by atoms with Gasteiger partial charge in [-0.3, -0.25) is 14.4 Å². The molecule has 23 heavy (non-hydrogen) atoms. The summed E-state index contributed by atoms with van der Waals surface area (Å²) in [4.78, 5) is 39.0. The highest BCUT2D eigenvalue weighted by Gasteiger charge is 2.59. The highest BCUT2D eigenvalue weighted by Crippen LogP contribution is 2.63. The van der Waals surface area contributed by atoms with Crippen molar-refractivity contribution in [3.8, 4) is 0 Å². The zero-order valence-corrected chi connectivity index (χ0v) is 13.8. The predicted octanol–water partition coefficient (Wildman–Crippen LogP) is 1.35. The second kappa shape index (κ2) is 6.13. The Labute approximate surface area is 136 Å². The van der Waals surface area contributed by atoms with E-state index in [9.17, 15) is 14.4 Å². The number of likely N-dealkylation sites (tertiary alicyclic amines) is 1.